The van der Waals surface area contributed by atoms with Crippen LogP contribution in [0.5, 0.6) is 0 Å². The van der Waals surface area contributed by atoms with E-state index in [9.17, 15) is 0 Å². The molecule has 2 unspecified atom stereocenters. The Balaban J connectivity index is 1.93. The summed E-state index contributed by atoms with van der Waals surface area (Å²) in [6, 6.07) is 10.8. The molecule has 1 saturated heterocycles. The van der Waals surface area contributed by atoms with E-state index >= 15 is 0 Å². The first kappa shape index (κ1) is 13.6. The van der Waals surface area contributed by atoms with E-state index in [0.717, 1.165) is 12.5 Å². The van der Waals surface area contributed by atoms with E-state index in [4.69, 9.17) is 0 Å². The van der Waals surface area contributed by atoms with E-state index in [0.29, 0.717) is 6.17 Å². The van der Waals surface area contributed by atoms with Crippen molar-refractivity contribution in [2.45, 2.75) is 45.3 Å². The zero-order chi connectivity index (χ0) is 12.8. The molecule has 1 aromatic rings. The molecule has 1 N–H and O–H groups in total. The summed E-state index contributed by atoms with van der Waals surface area (Å²) in [7, 11) is 2.10. The highest BCUT2D eigenvalue weighted by Gasteiger charge is 2.32. The zero-order valence-corrected chi connectivity index (χ0v) is 11.7. The van der Waals surface area contributed by atoms with Gasteiger partial charge in [-0.25, -0.2) is 0 Å². The molecule has 18 heavy (non-hydrogen) atoms. The fraction of sp³-hybridized carbons (Fsp3) is 0.625. The van der Waals surface area contributed by atoms with Crippen molar-refractivity contribution in [2.75, 3.05) is 13.6 Å². The number of rotatable bonds is 6. The van der Waals surface area contributed by atoms with Gasteiger partial charge in [-0.3, -0.25) is 4.90 Å². The molecular weight excluding hydrogens is 220 g/mol. The molecule has 1 aliphatic rings. The summed E-state index contributed by atoms with van der Waals surface area (Å²) in [6.07, 6.45) is 5.95. The third kappa shape index (κ3) is 3.33. The molecular formula is C16H26N2. The molecule has 2 atom stereocenters. The summed E-state index contributed by atoms with van der Waals surface area (Å²) in [6.45, 7) is 4.59. The van der Waals surface area contributed by atoms with E-state index in [1.165, 1.54) is 37.8 Å². The minimum absolute atomic E-state index is 0.566. The highest BCUT2D eigenvalue weighted by molar-refractivity contribution is 5.14. The van der Waals surface area contributed by atoms with Crippen LogP contribution in [0, 0.1) is 5.92 Å². The van der Waals surface area contributed by atoms with Crippen LogP contribution in [0.4, 0.5) is 0 Å². The van der Waals surface area contributed by atoms with Crippen LogP contribution in [0.15, 0.2) is 30.3 Å². The predicted molar refractivity (Wildman–Crippen MR) is 77.3 cm³/mol. The highest BCUT2D eigenvalue weighted by atomic mass is 15.3. The Morgan fingerprint density at radius 3 is 2.72 bits per heavy atom. The predicted octanol–water partition coefficient (Wildman–Crippen LogP) is 3.24. The third-order valence-electron chi connectivity index (χ3n) is 4.08. The molecule has 100 valence electrons. The molecule has 0 aliphatic carbocycles. The second-order valence-corrected chi connectivity index (χ2v) is 5.38. The fourth-order valence-electron chi connectivity index (χ4n) is 3.11. The molecule has 1 aliphatic heterocycles. The number of unbranched alkanes of at least 4 members (excludes halogenated alkanes) is 1. The molecule has 1 heterocycles. The van der Waals surface area contributed by atoms with Gasteiger partial charge in [0.15, 0.2) is 0 Å². The van der Waals surface area contributed by atoms with Crippen molar-refractivity contribution in [1.29, 1.82) is 0 Å². The first-order chi connectivity index (χ1) is 8.85. The quantitative estimate of drug-likeness (QED) is 0.829. The summed E-state index contributed by atoms with van der Waals surface area (Å²) in [5.74, 6) is 0.832. The van der Waals surface area contributed by atoms with Gasteiger partial charge in [0.1, 0.15) is 0 Å². The van der Waals surface area contributed by atoms with E-state index < -0.39 is 0 Å². The molecule has 0 saturated carbocycles. The summed E-state index contributed by atoms with van der Waals surface area (Å²) in [4.78, 5) is 2.59. The number of likely N-dealkylation sites (tertiary alicyclic amines) is 1. The van der Waals surface area contributed by atoms with Gasteiger partial charge in [0, 0.05) is 13.1 Å². The van der Waals surface area contributed by atoms with Gasteiger partial charge in [-0.1, -0.05) is 50.1 Å². The van der Waals surface area contributed by atoms with E-state index in [-0.39, 0.29) is 0 Å². The van der Waals surface area contributed by atoms with Crippen LogP contribution in [-0.4, -0.2) is 24.7 Å². The minimum atomic E-state index is 0.566. The Kier molecular flexibility index (Phi) is 5.21. The Labute approximate surface area is 111 Å². The molecule has 1 fully saturated rings. The number of benzene rings is 1. The van der Waals surface area contributed by atoms with E-state index in [2.05, 4.69) is 54.5 Å². The average molecular weight is 246 g/mol. The molecule has 0 aromatic heterocycles. The normalized spacial score (nSPS) is 24.6. The van der Waals surface area contributed by atoms with Gasteiger partial charge < -0.3 is 5.32 Å². The van der Waals surface area contributed by atoms with Gasteiger partial charge >= 0.3 is 0 Å². The van der Waals surface area contributed by atoms with E-state index in [1.807, 2.05) is 0 Å². The van der Waals surface area contributed by atoms with Crippen molar-refractivity contribution in [1.82, 2.24) is 10.2 Å². The maximum Gasteiger partial charge on any atom is 0.0627 e. The largest absolute Gasteiger partial charge is 0.305 e. The second-order valence-electron chi connectivity index (χ2n) is 5.38. The van der Waals surface area contributed by atoms with Crippen LogP contribution in [0.3, 0.4) is 0 Å². The maximum atomic E-state index is 3.52. The Morgan fingerprint density at radius 1 is 1.28 bits per heavy atom. The first-order valence-electron chi connectivity index (χ1n) is 7.30. The van der Waals surface area contributed by atoms with Gasteiger partial charge in [0.25, 0.3) is 0 Å². The molecule has 2 heteroatoms. The topological polar surface area (TPSA) is 15.3 Å². The van der Waals surface area contributed by atoms with Crippen molar-refractivity contribution >= 4 is 0 Å². The van der Waals surface area contributed by atoms with Crippen molar-refractivity contribution in [3.8, 4) is 0 Å². The van der Waals surface area contributed by atoms with Gasteiger partial charge in [-0.15, -0.1) is 0 Å². The highest BCUT2D eigenvalue weighted by Crippen LogP contribution is 2.28. The maximum absolute atomic E-state index is 3.52. The zero-order valence-electron chi connectivity index (χ0n) is 11.7. The molecule has 0 radical (unpaired) electrons. The first-order valence-corrected chi connectivity index (χ1v) is 7.30. The van der Waals surface area contributed by atoms with Gasteiger partial charge in [0.2, 0.25) is 0 Å². The lowest BCUT2D eigenvalue weighted by atomic mass is 9.98. The number of nitrogens with zero attached hydrogens (tertiary/aromatic N) is 1. The monoisotopic (exact) mass is 246 g/mol. The van der Waals surface area contributed by atoms with Crippen molar-refractivity contribution < 1.29 is 0 Å². The van der Waals surface area contributed by atoms with Crippen LogP contribution < -0.4 is 5.32 Å². The molecule has 0 bridgehead atoms. The number of hydrogen-bond donors (Lipinski definition) is 1. The summed E-state index contributed by atoms with van der Waals surface area (Å²) in [5, 5.41) is 3.52. The molecule has 0 amide bonds. The van der Waals surface area contributed by atoms with Crippen LogP contribution >= 0.6 is 0 Å². The van der Waals surface area contributed by atoms with Gasteiger partial charge in [-0.2, -0.15) is 0 Å². The third-order valence-corrected chi connectivity index (χ3v) is 4.08. The number of nitrogens with one attached hydrogen (secondary N) is 1. The standard InChI is InChI=1S/C16H26N2/c1-3-4-10-15-11-12-18(16(15)17-2)13-14-8-6-5-7-9-14/h5-9,15-17H,3-4,10-13H2,1-2H3. The van der Waals surface area contributed by atoms with Crippen molar-refractivity contribution in [3.05, 3.63) is 35.9 Å². The van der Waals surface area contributed by atoms with Crippen LogP contribution in [0.1, 0.15) is 38.2 Å². The van der Waals surface area contributed by atoms with Gasteiger partial charge in [-0.05, 0) is 31.4 Å². The van der Waals surface area contributed by atoms with Gasteiger partial charge in [0.05, 0.1) is 6.17 Å². The van der Waals surface area contributed by atoms with Crippen molar-refractivity contribution in [2.24, 2.45) is 5.92 Å². The Bertz CT molecular complexity index is 336. The van der Waals surface area contributed by atoms with Crippen LogP contribution in [0.2, 0.25) is 0 Å². The SMILES string of the molecule is CCCCC1CCN(Cc2ccccc2)C1NC. The molecule has 2 rings (SSSR count). The van der Waals surface area contributed by atoms with E-state index in [1.54, 1.807) is 0 Å². The smallest absolute Gasteiger partial charge is 0.0627 e. The Morgan fingerprint density at radius 2 is 2.06 bits per heavy atom. The second kappa shape index (κ2) is 6.91. The summed E-state index contributed by atoms with van der Waals surface area (Å²) in [5.41, 5.74) is 1.42. The fourth-order valence-corrected chi connectivity index (χ4v) is 3.11. The molecule has 2 nitrogen and oxygen atoms in total. The lowest BCUT2D eigenvalue weighted by molar-refractivity contribution is 0.184. The molecule has 1 aromatic carbocycles. The summed E-state index contributed by atoms with van der Waals surface area (Å²) >= 11 is 0. The lowest BCUT2D eigenvalue weighted by Gasteiger charge is -2.28. The van der Waals surface area contributed by atoms with Crippen LogP contribution in [-0.2, 0) is 6.54 Å². The van der Waals surface area contributed by atoms with Crippen LogP contribution in [0.25, 0.3) is 0 Å². The summed E-state index contributed by atoms with van der Waals surface area (Å²) < 4.78 is 0. The minimum Gasteiger partial charge on any atom is -0.305 e. The molecule has 0 spiro atoms. The lowest BCUT2D eigenvalue weighted by Crippen LogP contribution is -2.42. The Hall–Kier alpha value is -0.860. The van der Waals surface area contributed by atoms with Crippen molar-refractivity contribution in [3.63, 3.8) is 0 Å². The average Bonchev–Trinajstić information content (AvgIpc) is 2.79. The number of hydrogen-bond acceptors (Lipinski definition) is 2.